The maximum absolute atomic E-state index is 12.4. The van der Waals surface area contributed by atoms with E-state index in [2.05, 4.69) is 12.2 Å². The first-order valence-electron chi connectivity index (χ1n) is 8.24. The molecule has 0 unspecified atom stereocenters. The average Bonchev–Trinajstić information content (AvgIpc) is 2.50. The Morgan fingerprint density at radius 3 is 2.36 bits per heavy atom. The minimum atomic E-state index is -0.778. The van der Waals surface area contributed by atoms with Crippen LogP contribution in [0.25, 0.3) is 0 Å². The highest BCUT2D eigenvalue weighted by molar-refractivity contribution is 5.97. The SMILES string of the molecule is CCCCOc1ccc(NC(=O)[C@@](C)(CCC)OCC)cc1. The first-order valence-corrected chi connectivity index (χ1v) is 8.24. The molecule has 0 aliphatic carbocycles. The van der Waals surface area contributed by atoms with Crippen molar-refractivity contribution in [2.24, 2.45) is 0 Å². The van der Waals surface area contributed by atoms with E-state index in [9.17, 15) is 4.79 Å². The van der Waals surface area contributed by atoms with Gasteiger partial charge in [0.15, 0.2) is 0 Å². The normalized spacial score (nSPS) is 13.5. The van der Waals surface area contributed by atoms with E-state index in [0.29, 0.717) is 13.0 Å². The van der Waals surface area contributed by atoms with Gasteiger partial charge in [0, 0.05) is 12.3 Å². The lowest BCUT2D eigenvalue weighted by molar-refractivity contribution is -0.139. The van der Waals surface area contributed by atoms with Gasteiger partial charge in [-0.15, -0.1) is 0 Å². The fourth-order valence-corrected chi connectivity index (χ4v) is 2.28. The quantitative estimate of drug-likeness (QED) is 0.652. The summed E-state index contributed by atoms with van der Waals surface area (Å²) in [7, 11) is 0. The van der Waals surface area contributed by atoms with E-state index in [1.807, 2.05) is 45.0 Å². The Kier molecular flexibility index (Phi) is 7.96. The van der Waals surface area contributed by atoms with Crippen molar-refractivity contribution in [3.05, 3.63) is 24.3 Å². The Morgan fingerprint density at radius 1 is 1.14 bits per heavy atom. The molecule has 1 aromatic carbocycles. The summed E-state index contributed by atoms with van der Waals surface area (Å²) in [5.41, 5.74) is -0.0188. The minimum absolute atomic E-state index is 0.101. The van der Waals surface area contributed by atoms with E-state index >= 15 is 0 Å². The predicted molar refractivity (Wildman–Crippen MR) is 90.4 cm³/mol. The molecule has 4 heteroatoms. The molecule has 0 aliphatic rings. The topological polar surface area (TPSA) is 47.6 Å². The van der Waals surface area contributed by atoms with Crippen LogP contribution in [0.15, 0.2) is 24.3 Å². The van der Waals surface area contributed by atoms with Gasteiger partial charge in [0.25, 0.3) is 5.91 Å². The van der Waals surface area contributed by atoms with Gasteiger partial charge in [-0.05, 0) is 51.0 Å². The zero-order valence-corrected chi connectivity index (χ0v) is 14.3. The molecule has 1 N–H and O–H groups in total. The van der Waals surface area contributed by atoms with Gasteiger partial charge >= 0.3 is 0 Å². The third kappa shape index (κ3) is 5.68. The molecule has 4 nitrogen and oxygen atoms in total. The van der Waals surface area contributed by atoms with Gasteiger partial charge in [-0.3, -0.25) is 4.79 Å². The van der Waals surface area contributed by atoms with Crippen LogP contribution in [0.2, 0.25) is 0 Å². The molecule has 0 saturated carbocycles. The van der Waals surface area contributed by atoms with Gasteiger partial charge in [-0.1, -0.05) is 26.7 Å². The van der Waals surface area contributed by atoms with E-state index < -0.39 is 5.60 Å². The number of rotatable bonds is 10. The lowest BCUT2D eigenvalue weighted by Crippen LogP contribution is -2.42. The summed E-state index contributed by atoms with van der Waals surface area (Å²) in [6.07, 6.45) is 3.75. The molecule has 1 atom stereocenters. The number of amides is 1. The maximum Gasteiger partial charge on any atom is 0.256 e. The van der Waals surface area contributed by atoms with Crippen molar-refractivity contribution >= 4 is 11.6 Å². The lowest BCUT2D eigenvalue weighted by Gasteiger charge is -2.27. The van der Waals surface area contributed by atoms with Crippen LogP contribution in [-0.4, -0.2) is 24.7 Å². The molecule has 1 rings (SSSR count). The van der Waals surface area contributed by atoms with Crippen molar-refractivity contribution in [3.8, 4) is 5.75 Å². The fourth-order valence-electron chi connectivity index (χ4n) is 2.28. The summed E-state index contributed by atoms with van der Waals surface area (Å²) in [5.74, 6) is 0.725. The number of nitrogens with one attached hydrogen (secondary N) is 1. The van der Waals surface area contributed by atoms with Gasteiger partial charge in [0.1, 0.15) is 11.4 Å². The second-order valence-corrected chi connectivity index (χ2v) is 5.59. The molecule has 0 radical (unpaired) electrons. The number of hydrogen-bond acceptors (Lipinski definition) is 3. The lowest BCUT2D eigenvalue weighted by atomic mass is 9.99. The minimum Gasteiger partial charge on any atom is -0.494 e. The molecule has 0 aromatic heterocycles. The molecule has 124 valence electrons. The van der Waals surface area contributed by atoms with Crippen LogP contribution < -0.4 is 10.1 Å². The first-order chi connectivity index (χ1) is 10.6. The monoisotopic (exact) mass is 307 g/mol. The third-order valence-corrected chi connectivity index (χ3v) is 3.55. The van der Waals surface area contributed by atoms with Crippen LogP contribution >= 0.6 is 0 Å². The fraction of sp³-hybridized carbons (Fsp3) is 0.611. The molecular formula is C18H29NO3. The van der Waals surface area contributed by atoms with E-state index in [1.165, 1.54) is 0 Å². The molecule has 0 saturated heterocycles. The van der Waals surface area contributed by atoms with Crippen molar-refractivity contribution in [2.45, 2.75) is 59.0 Å². The maximum atomic E-state index is 12.4. The highest BCUT2D eigenvalue weighted by Gasteiger charge is 2.32. The Bertz CT molecular complexity index is 436. The molecule has 0 aliphatic heterocycles. The Balaban J connectivity index is 2.63. The smallest absolute Gasteiger partial charge is 0.256 e. The van der Waals surface area contributed by atoms with Gasteiger partial charge in [-0.2, -0.15) is 0 Å². The van der Waals surface area contributed by atoms with Crippen LogP contribution in [-0.2, 0) is 9.53 Å². The number of hydrogen-bond donors (Lipinski definition) is 1. The van der Waals surface area contributed by atoms with Crippen LogP contribution in [0.1, 0.15) is 53.4 Å². The zero-order valence-electron chi connectivity index (χ0n) is 14.3. The van der Waals surface area contributed by atoms with Gasteiger partial charge in [-0.25, -0.2) is 0 Å². The Morgan fingerprint density at radius 2 is 1.82 bits per heavy atom. The summed E-state index contributed by atoms with van der Waals surface area (Å²) in [6, 6.07) is 7.47. The predicted octanol–water partition coefficient (Wildman–Crippen LogP) is 4.40. The third-order valence-electron chi connectivity index (χ3n) is 3.55. The van der Waals surface area contributed by atoms with Gasteiger partial charge in [0.05, 0.1) is 6.61 Å². The molecule has 1 amide bonds. The first kappa shape index (κ1) is 18.5. The van der Waals surface area contributed by atoms with Crippen molar-refractivity contribution in [1.82, 2.24) is 0 Å². The summed E-state index contributed by atoms with van der Waals surface area (Å²) >= 11 is 0. The van der Waals surface area contributed by atoms with Crippen molar-refractivity contribution in [3.63, 3.8) is 0 Å². The molecule has 0 fully saturated rings. The number of unbranched alkanes of at least 4 members (excludes halogenated alkanes) is 1. The summed E-state index contributed by atoms with van der Waals surface area (Å²) < 4.78 is 11.3. The molecule has 0 bridgehead atoms. The molecule has 1 aromatic rings. The average molecular weight is 307 g/mol. The number of carbonyl (C=O) groups is 1. The second-order valence-electron chi connectivity index (χ2n) is 5.59. The molecule has 22 heavy (non-hydrogen) atoms. The van der Waals surface area contributed by atoms with Crippen molar-refractivity contribution < 1.29 is 14.3 Å². The highest BCUT2D eigenvalue weighted by Crippen LogP contribution is 2.22. The number of benzene rings is 1. The van der Waals surface area contributed by atoms with Gasteiger partial charge in [0.2, 0.25) is 0 Å². The molecule has 0 heterocycles. The Labute approximate surface area is 134 Å². The largest absolute Gasteiger partial charge is 0.494 e. The van der Waals surface area contributed by atoms with E-state index in [0.717, 1.165) is 37.3 Å². The number of carbonyl (C=O) groups excluding carboxylic acids is 1. The number of ether oxygens (including phenoxy) is 2. The van der Waals surface area contributed by atoms with Gasteiger partial charge < -0.3 is 14.8 Å². The summed E-state index contributed by atoms with van der Waals surface area (Å²) in [5, 5.41) is 2.93. The van der Waals surface area contributed by atoms with Crippen LogP contribution in [0, 0.1) is 0 Å². The highest BCUT2D eigenvalue weighted by atomic mass is 16.5. The standard InChI is InChI=1S/C18H29NO3/c1-5-8-14-21-16-11-9-15(10-12-16)19-17(20)18(4,13-6-2)22-7-3/h9-12H,5-8,13-14H2,1-4H3,(H,19,20)/t18-/m1/s1. The Hall–Kier alpha value is -1.55. The van der Waals surface area contributed by atoms with Crippen molar-refractivity contribution in [2.75, 3.05) is 18.5 Å². The molecular weight excluding hydrogens is 278 g/mol. The second kappa shape index (κ2) is 9.46. The summed E-state index contributed by atoms with van der Waals surface area (Å²) in [6.45, 7) is 9.18. The van der Waals surface area contributed by atoms with Crippen molar-refractivity contribution in [1.29, 1.82) is 0 Å². The van der Waals surface area contributed by atoms with Crippen LogP contribution in [0.3, 0.4) is 0 Å². The molecule has 0 spiro atoms. The van der Waals surface area contributed by atoms with E-state index in [1.54, 1.807) is 0 Å². The number of anilines is 1. The zero-order chi connectivity index (χ0) is 16.4. The van der Waals surface area contributed by atoms with E-state index in [-0.39, 0.29) is 5.91 Å². The van der Waals surface area contributed by atoms with Crippen LogP contribution in [0.4, 0.5) is 5.69 Å². The van der Waals surface area contributed by atoms with E-state index in [4.69, 9.17) is 9.47 Å². The summed E-state index contributed by atoms with van der Waals surface area (Å²) in [4.78, 5) is 12.4. The van der Waals surface area contributed by atoms with Crippen LogP contribution in [0.5, 0.6) is 5.75 Å².